The minimum atomic E-state index is -0.613. The van der Waals surface area contributed by atoms with Crippen LogP contribution in [0.2, 0.25) is 0 Å². The van der Waals surface area contributed by atoms with Crippen LogP contribution in [0.3, 0.4) is 0 Å². The number of hydrogen-bond donors (Lipinski definition) is 1. The van der Waals surface area contributed by atoms with E-state index in [-0.39, 0.29) is 5.91 Å². The predicted octanol–water partition coefficient (Wildman–Crippen LogP) is 5.27. The van der Waals surface area contributed by atoms with E-state index in [0.29, 0.717) is 29.4 Å². The number of amides is 1. The zero-order valence-electron chi connectivity index (χ0n) is 19.4. The van der Waals surface area contributed by atoms with Crippen molar-refractivity contribution in [2.45, 2.75) is 32.7 Å². The van der Waals surface area contributed by atoms with Crippen molar-refractivity contribution in [1.29, 1.82) is 0 Å². The van der Waals surface area contributed by atoms with Crippen molar-refractivity contribution in [3.63, 3.8) is 0 Å². The molecule has 4 rings (SSSR count). The van der Waals surface area contributed by atoms with E-state index < -0.39 is 11.7 Å². The average molecular weight is 492 g/mol. The largest absolute Gasteiger partial charge is 0.465 e. The van der Waals surface area contributed by atoms with Gasteiger partial charge in [-0.3, -0.25) is 19.2 Å². The van der Waals surface area contributed by atoms with Gasteiger partial charge in [-0.15, -0.1) is 11.3 Å². The average Bonchev–Trinajstić information content (AvgIpc) is 3.55. The van der Waals surface area contributed by atoms with Crippen LogP contribution in [-0.2, 0) is 16.1 Å². The molecule has 0 fully saturated rings. The Bertz CT molecular complexity index is 1370. The van der Waals surface area contributed by atoms with E-state index in [9.17, 15) is 14.4 Å². The van der Waals surface area contributed by atoms with Crippen molar-refractivity contribution in [2.24, 2.45) is 0 Å². The van der Waals surface area contributed by atoms with Crippen molar-refractivity contribution in [3.8, 4) is 22.5 Å². The number of carbonyl (C=O) groups is 2. The van der Waals surface area contributed by atoms with Gasteiger partial charge in [0.2, 0.25) is 5.91 Å². The molecule has 2 aromatic heterocycles. The lowest BCUT2D eigenvalue weighted by Crippen LogP contribution is -2.30. The van der Waals surface area contributed by atoms with E-state index in [0.717, 1.165) is 35.1 Å². The SMILES string of the molecule is CCCCC(=O)N(Cc1ccc(-c2ccccc2-c2noc(=O)[nH]2)cc1)c1sccc1C(=O)OC. The van der Waals surface area contributed by atoms with E-state index in [1.54, 1.807) is 16.3 Å². The monoisotopic (exact) mass is 491 g/mol. The molecule has 2 heterocycles. The zero-order chi connectivity index (χ0) is 24.8. The second-order valence-corrected chi connectivity index (χ2v) is 8.80. The molecule has 0 atom stereocenters. The van der Waals surface area contributed by atoms with Crippen LogP contribution >= 0.6 is 11.3 Å². The second-order valence-electron chi connectivity index (χ2n) is 7.90. The summed E-state index contributed by atoms with van der Waals surface area (Å²) in [5.41, 5.74) is 3.84. The van der Waals surface area contributed by atoms with Crippen molar-refractivity contribution >= 4 is 28.2 Å². The number of rotatable bonds is 9. The van der Waals surface area contributed by atoms with E-state index in [2.05, 4.69) is 14.7 Å². The first kappa shape index (κ1) is 24.2. The molecule has 8 nitrogen and oxygen atoms in total. The van der Waals surface area contributed by atoms with Crippen LogP contribution in [0.4, 0.5) is 5.00 Å². The van der Waals surface area contributed by atoms with Gasteiger partial charge in [0, 0.05) is 12.0 Å². The Balaban J connectivity index is 1.63. The third-order valence-corrected chi connectivity index (χ3v) is 6.50. The number of hydrogen-bond acceptors (Lipinski definition) is 7. The normalized spacial score (nSPS) is 10.8. The lowest BCUT2D eigenvalue weighted by molar-refractivity contribution is -0.118. The van der Waals surface area contributed by atoms with Gasteiger partial charge in [0.15, 0.2) is 5.82 Å². The van der Waals surface area contributed by atoms with Gasteiger partial charge in [-0.2, -0.15) is 0 Å². The summed E-state index contributed by atoms with van der Waals surface area (Å²) < 4.78 is 9.57. The molecule has 4 aromatic rings. The molecule has 0 spiro atoms. The van der Waals surface area contributed by atoms with E-state index in [4.69, 9.17) is 4.74 Å². The van der Waals surface area contributed by atoms with E-state index in [1.165, 1.54) is 18.4 Å². The lowest BCUT2D eigenvalue weighted by Gasteiger charge is -2.23. The quantitative estimate of drug-likeness (QED) is 0.320. The maximum atomic E-state index is 13.1. The molecule has 0 aliphatic carbocycles. The highest BCUT2D eigenvalue weighted by Crippen LogP contribution is 2.32. The molecule has 35 heavy (non-hydrogen) atoms. The Morgan fingerprint density at radius 2 is 1.83 bits per heavy atom. The predicted molar refractivity (Wildman–Crippen MR) is 134 cm³/mol. The number of aromatic amines is 1. The molecule has 9 heteroatoms. The minimum absolute atomic E-state index is 0.0381. The fourth-order valence-corrected chi connectivity index (χ4v) is 4.68. The maximum Gasteiger partial charge on any atom is 0.439 e. The summed E-state index contributed by atoms with van der Waals surface area (Å²) in [6.07, 6.45) is 2.07. The Morgan fingerprint density at radius 3 is 2.49 bits per heavy atom. The fraction of sp³-hybridized carbons (Fsp3) is 0.231. The molecule has 0 saturated carbocycles. The van der Waals surface area contributed by atoms with Crippen molar-refractivity contribution in [2.75, 3.05) is 12.0 Å². The Kier molecular flexibility index (Phi) is 7.57. The highest BCUT2D eigenvalue weighted by Gasteiger charge is 2.24. The number of methoxy groups -OCH3 is 1. The van der Waals surface area contributed by atoms with Crippen LogP contribution in [0.25, 0.3) is 22.5 Å². The summed E-state index contributed by atoms with van der Waals surface area (Å²) in [5.74, 6) is -0.760. The number of benzene rings is 2. The molecule has 2 aromatic carbocycles. The number of unbranched alkanes of at least 4 members (excludes halogenated alkanes) is 1. The molecule has 0 unspecified atom stereocenters. The summed E-state index contributed by atoms with van der Waals surface area (Å²) in [7, 11) is 1.33. The van der Waals surface area contributed by atoms with Crippen LogP contribution < -0.4 is 10.7 Å². The van der Waals surface area contributed by atoms with E-state index in [1.807, 2.05) is 55.5 Å². The summed E-state index contributed by atoms with van der Waals surface area (Å²) in [5, 5.41) is 6.18. The van der Waals surface area contributed by atoms with Gasteiger partial charge in [-0.1, -0.05) is 67.0 Å². The first-order chi connectivity index (χ1) is 17.0. The Hall–Kier alpha value is -3.98. The van der Waals surface area contributed by atoms with Crippen LogP contribution in [0.1, 0.15) is 42.1 Å². The molecular formula is C26H25N3O5S. The van der Waals surface area contributed by atoms with Crippen molar-refractivity contribution < 1.29 is 18.8 Å². The first-order valence-electron chi connectivity index (χ1n) is 11.2. The molecule has 0 bridgehead atoms. The molecule has 1 amide bonds. The number of anilines is 1. The second kappa shape index (κ2) is 11.0. The molecule has 0 radical (unpaired) electrons. The number of nitrogens with one attached hydrogen (secondary N) is 1. The van der Waals surface area contributed by atoms with Gasteiger partial charge in [-0.25, -0.2) is 9.59 Å². The molecule has 0 aliphatic rings. The molecular weight excluding hydrogens is 466 g/mol. The number of nitrogens with zero attached hydrogens (tertiary/aromatic N) is 2. The van der Waals surface area contributed by atoms with Gasteiger partial charge in [0.25, 0.3) is 0 Å². The highest BCUT2D eigenvalue weighted by molar-refractivity contribution is 7.14. The smallest absolute Gasteiger partial charge is 0.439 e. The van der Waals surface area contributed by atoms with E-state index >= 15 is 0 Å². The lowest BCUT2D eigenvalue weighted by atomic mass is 9.98. The first-order valence-corrected chi connectivity index (χ1v) is 12.1. The summed E-state index contributed by atoms with van der Waals surface area (Å²) in [6.45, 7) is 2.36. The van der Waals surface area contributed by atoms with Crippen LogP contribution in [0.15, 0.2) is 69.3 Å². The fourth-order valence-electron chi connectivity index (χ4n) is 3.77. The Morgan fingerprint density at radius 1 is 1.09 bits per heavy atom. The van der Waals surface area contributed by atoms with Crippen LogP contribution in [0.5, 0.6) is 0 Å². The number of ether oxygens (including phenoxy) is 1. The van der Waals surface area contributed by atoms with Gasteiger partial charge >= 0.3 is 11.7 Å². The molecule has 0 aliphatic heterocycles. The summed E-state index contributed by atoms with van der Waals surface area (Å²) in [4.78, 5) is 41.0. The Labute approximate surface area is 206 Å². The van der Waals surface area contributed by atoms with Gasteiger partial charge in [0.1, 0.15) is 5.00 Å². The summed E-state index contributed by atoms with van der Waals surface area (Å²) in [6, 6.07) is 17.0. The van der Waals surface area contributed by atoms with Crippen molar-refractivity contribution in [1.82, 2.24) is 10.1 Å². The minimum Gasteiger partial charge on any atom is -0.465 e. The topological polar surface area (TPSA) is 106 Å². The number of aromatic nitrogens is 2. The maximum absolute atomic E-state index is 13.1. The highest BCUT2D eigenvalue weighted by atomic mass is 32.1. The molecule has 180 valence electrons. The number of thiophene rings is 1. The van der Waals surface area contributed by atoms with Gasteiger partial charge in [0.05, 0.1) is 19.2 Å². The standard InChI is InChI=1S/C26H25N3O5S/c1-3-4-9-22(30)29(24-21(14-15-35-24)25(31)33-2)16-17-10-12-18(13-11-17)19-7-5-6-8-20(19)23-27-26(32)34-28-23/h5-8,10-15H,3-4,9,16H2,1-2H3,(H,27,28,32). The van der Waals surface area contributed by atoms with Gasteiger partial charge < -0.3 is 4.74 Å². The van der Waals surface area contributed by atoms with Crippen LogP contribution in [0, 0.1) is 0 Å². The molecule has 0 saturated heterocycles. The number of esters is 1. The molecule has 1 N–H and O–H groups in total. The number of carbonyl (C=O) groups excluding carboxylic acids is 2. The van der Waals surface area contributed by atoms with Crippen LogP contribution in [-0.4, -0.2) is 29.1 Å². The van der Waals surface area contributed by atoms with Crippen molar-refractivity contribution in [3.05, 3.63) is 81.7 Å². The third-order valence-electron chi connectivity index (χ3n) is 5.57. The zero-order valence-corrected chi connectivity index (χ0v) is 20.3. The number of H-pyrrole nitrogens is 1. The third kappa shape index (κ3) is 5.41. The van der Waals surface area contributed by atoms with Gasteiger partial charge in [-0.05, 0) is 34.6 Å². The summed E-state index contributed by atoms with van der Waals surface area (Å²) >= 11 is 1.34.